The minimum absolute atomic E-state index is 0.0485. The van der Waals surface area contributed by atoms with E-state index in [1.807, 2.05) is 0 Å². The first-order chi connectivity index (χ1) is 15.2. The Labute approximate surface area is 187 Å². The Morgan fingerprint density at radius 2 is 1.44 bits per heavy atom. The van der Waals surface area contributed by atoms with Gasteiger partial charge in [0.05, 0.1) is 11.5 Å². The minimum atomic E-state index is -4.13. The standard InChI is InChI=1S/C22H22FNO6S2/c1-29-16-15-24(31(25,26)21-5-3-2-4-6-21)17-18-7-11-20(12-8-18)30-32(27,28)22-13-9-19(23)10-14-22/h2-14H,15-17H2,1H3. The van der Waals surface area contributed by atoms with Crippen LogP contribution in [0.2, 0.25) is 0 Å². The summed E-state index contributed by atoms with van der Waals surface area (Å²) in [5.74, 6) is -0.510. The van der Waals surface area contributed by atoms with Crippen molar-refractivity contribution in [2.45, 2.75) is 16.3 Å². The van der Waals surface area contributed by atoms with Gasteiger partial charge < -0.3 is 8.92 Å². The van der Waals surface area contributed by atoms with E-state index >= 15 is 0 Å². The first-order valence-electron chi connectivity index (χ1n) is 9.55. The Morgan fingerprint density at radius 1 is 0.812 bits per heavy atom. The number of nitrogens with zero attached hydrogens (tertiary/aromatic N) is 1. The van der Waals surface area contributed by atoms with Crippen LogP contribution in [0.4, 0.5) is 4.39 Å². The van der Waals surface area contributed by atoms with Crippen LogP contribution < -0.4 is 4.18 Å². The largest absolute Gasteiger partial charge is 0.383 e. The third-order valence-electron chi connectivity index (χ3n) is 4.52. The lowest BCUT2D eigenvalue weighted by molar-refractivity contribution is 0.177. The molecule has 0 heterocycles. The number of ether oxygens (including phenoxy) is 1. The van der Waals surface area contributed by atoms with Crippen molar-refractivity contribution in [1.82, 2.24) is 4.31 Å². The van der Waals surface area contributed by atoms with Gasteiger partial charge in [0.1, 0.15) is 16.5 Å². The Kier molecular flexibility index (Phi) is 7.62. The van der Waals surface area contributed by atoms with E-state index in [0.29, 0.717) is 5.56 Å². The number of methoxy groups -OCH3 is 1. The monoisotopic (exact) mass is 479 g/mol. The van der Waals surface area contributed by atoms with Gasteiger partial charge in [0, 0.05) is 20.2 Å². The quantitative estimate of drug-likeness (QED) is 0.414. The molecule has 0 aliphatic rings. The third-order valence-corrected chi connectivity index (χ3v) is 7.64. The molecule has 0 atom stereocenters. The Morgan fingerprint density at radius 3 is 2.03 bits per heavy atom. The summed E-state index contributed by atoms with van der Waals surface area (Å²) in [6.45, 7) is 0.416. The maximum atomic E-state index is 13.0. The van der Waals surface area contributed by atoms with Gasteiger partial charge in [-0.3, -0.25) is 0 Å². The molecular formula is C22H22FNO6S2. The van der Waals surface area contributed by atoms with Crippen LogP contribution in [-0.2, 0) is 31.4 Å². The van der Waals surface area contributed by atoms with Crippen molar-refractivity contribution in [3.63, 3.8) is 0 Å². The van der Waals surface area contributed by atoms with Crippen LogP contribution in [0, 0.1) is 5.82 Å². The summed E-state index contributed by atoms with van der Waals surface area (Å²) in [5, 5.41) is 0. The number of benzene rings is 3. The topological polar surface area (TPSA) is 90.0 Å². The molecular weight excluding hydrogens is 457 g/mol. The molecule has 0 aliphatic carbocycles. The molecule has 0 saturated heterocycles. The minimum Gasteiger partial charge on any atom is -0.383 e. The van der Waals surface area contributed by atoms with E-state index in [2.05, 4.69) is 0 Å². The van der Waals surface area contributed by atoms with Gasteiger partial charge in [0.2, 0.25) is 10.0 Å². The highest BCUT2D eigenvalue weighted by molar-refractivity contribution is 7.89. The van der Waals surface area contributed by atoms with Gasteiger partial charge in [-0.2, -0.15) is 12.7 Å². The van der Waals surface area contributed by atoms with Crippen LogP contribution in [-0.4, -0.2) is 41.4 Å². The first kappa shape index (κ1) is 23.9. The molecule has 0 aromatic heterocycles. The zero-order valence-electron chi connectivity index (χ0n) is 17.2. The third kappa shape index (κ3) is 5.92. The van der Waals surface area contributed by atoms with Crippen molar-refractivity contribution in [2.24, 2.45) is 0 Å². The Balaban J connectivity index is 1.77. The molecule has 0 radical (unpaired) electrons. The molecule has 0 saturated carbocycles. The lowest BCUT2D eigenvalue weighted by Crippen LogP contribution is -2.33. The van der Waals surface area contributed by atoms with Gasteiger partial charge in [-0.25, -0.2) is 12.8 Å². The highest BCUT2D eigenvalue weighted by Crippen LogP contribution is 2.22. The second kappa shape index (κ2) is 10.2. The fourth-order valence-electron chi connectivity index (χ4n) is 2.85. The van der Waals surface area contributed by atoms with Crippen molar-refractivity contribution in [1.29, 1.82) is 0 Å². The molecule has 0 bridgehead atoms. The number of sulfonamides is 1. The normalized spacial score (nSPS) is 12.1. The molecule has 0 fully saturated rings. The smallest absolute Gasteiger partial charge is 0.339 e. The van der Waals surface area contributed by atoms with Crippen molar-refractivity contribution in [2.75, 3.05) is 20.3 Å². The van der Waals surface area contributed by atoms with Gasteiger partial charge in [-0.15, -0.1) is 0 Å². The van der Waals surface area contributed by atoms with E-state index < -0.39 is 26.0 Å². The molecule has 3 aromatic carbocycles. The van der Waals surface area contributed by atoms with Crippen LogP contribution >= 0.6 is 0 Å². The molecule has 170 valence electrons. The number of hydrogen-bond donors (Lipinski definition) is 0. The fraction of sp³-hybridized carbons (Fsp3) is 0.182. The SMILES string of the molecule is COCCN(Cc1ccc(OS(=O)(=O)c2ccc(F)cc2)cc1)S(=O)(=O)c1ccccc1. The van der Waals surface area contributed by atoms with Crippen LogP contribution in [0.3, 0.4) is 0 Å². The highest BCUT2D eigenvalue weighted by Gasteiger charge is 2.24. The molecule has 0 aliphatic heterocycles. The van der Waals surface area contributed by atoms with Gasteiger partial charge in [0.25, 0.3) is 0 Å². The number of hydrogen-bond acceptors (Lipinski definition) is 6. The molecule has 3 rings (SSSR count). The van der Waals surface area contributed by atoms with Crippen LogP contribution in [0.15, 0.2) is 88.7 Å². The van der Waals surface area contributed by atoms with Gasteiger partial charge >= 0.3 is 10.1 Å². The molecule has 32 heavy (non-hydrogen) atoms. The molecule has 7 nitrogen and oxygen atoms in total. The number of halogens is 1. The van der Waals surface area contributed by atoms with Crippen molar-refractivity contribution in [3.05, 3.63) is 90.2 Å². The van der Waals surface area contributed by atoms with E-state index in [9.17, 15) is 21.2 Å². The summed E-state index contributed by atoms with van der Waals surface area (Å²) in [4.78, 5) is -0.0101. The molecule has 10 heteroatoms. The van der Waals surface area contributed by atoms with Crippen LogP contribution in [0.5, 0.6) is 5.75 Å². The average Bonchev–Trinajstić information content (AvgIpc) is 2.78. The summed E-state index contributed by atoms with van der Waals surface area (Å²) in [6, 6.07) is 18.4. The molecule has 0 spiro atoms. The van der Waals surface area contributed by atoms with Crippen molar-refractivity contribution in [3.8, 4) is 5.75 Å². The zero-order chi connectivity index (χ0) is 23.2. The summed E-state index contributed by atoms with van der Waals surface area (Å²) < 4.78 is 75.2. The summed E-state index contributed by atoms with van der Waals surface area (Å²) in [6.07, 6.45) is 0. The molecule has 0 N–H and O–H groups in total. The number of rotatable bonds is 10. The zero-order valence-corrected chi connectivity index (χ0v) is 18.9. The van der Waals surface area contributed by atoms with Crippen molar-refractivity contribution < 1.29 is 30.1 Å². The summed E-state index contributed by atoms with van der Waals surface area (Å²) in [7, 11) is -6.39. The average molecular weight is 480 g/mol. The molecule has 0 amide bonds. The van der Waals surface area contributed by atoms with Gasteiger partial charge in [0.15, 0.2) is 0 Å². The molecule has 3 aromatic rings. The van der Waals surface area contributed by atoms with E-state index in [0.717, 1.165) is 24.3 Å². The van der Waals surface area contributed by atoms with Crippen LogP contribution in [0.1, 0.15) is 5.56 Å². The summed E-state index contributed by atoms with van der Waals surface area (Å²) >= 11 is 0. The predicted molar refractivity (Wildman–Crippen MR) is 117 cm³/mol. The Hall–Kier alpha value is -2.79. The lowest BCUT2D eigenvalue weighted by Gasteiger charge is -2.22. The van der Waals surface area contributed by atoms with Crippen LogP contribution in [0.25, 0.3) is 0 Å². The maximum absolute atomic E-state index is 13.0. The van der Waals surface area contributed by atoms with Gasteiger partial charge in [-0.05, 0) is 54.1 Å². The van der Waals surface area contributed by atoms with Gasteiger partial charge in [-0.1, -0.05) is 30.3 Å². The second-order valence-corrected chi connectivity index (χ2v) is 10.3. The lowest BCUT2D eigenvalue weighted by atomic mass is 10.2. The van der Waals surface area contributed by atoms with E-state index in [1.54, 1.807) is 30.3 Å². The second-order valence-electron chi connectivity index (χ2n) is 6.78. The van der Waals surface area contributed by atoms with E-state index in [4.69, 9.17) is 8.92 Å². The Bertz CT molecular complexity index is 1230. The van der Waals surface area contributed by atoms with E-state index in [-0.39, 0.29) is 35.2 Å². The highest BCUT2D eigenvalue weighted by atomic mass is 32.2. The maximum Gasteiger partial charge on any atom is 0.339 e. The molecule has 0 unspecified atom stereocenters. The van der Waals surface area contributed by atoms with E-state index in [1.165, 1.54) is 35.7 Å². The summed E-state index contributed by atoms with van der Waals surface area (Å²) in [5.41, 5.74) is 0.632. The predicted octanol–water partition coefficient (Wildman–Crippen LogP) is 3.43. The first-order valence-corrected chi connectivity index (χ1v) is 12.4. The van der Waals surface area contributed by atoms with Crippen molar-refractivity contribution >= 4 is 20.1 Å². The fourth-order valence-corrected chi connectivity index (χ4v) is 5.21.